The lowest BCUT2D eigenvalue weighted by Gasteiger charge is -2.55. The average molecular weight is 554 g/mol. The summed E-state index contributed by atoms with van der Waals surface area (Å²) >= 11 is 0.556. The fourth-order valence-electron chi connectivity index (χ4n) is 4.83. The minimum absolute atomic E-state index is 0.0379. The summed E-state index contributed by atoms with van der Waals surface area (Å²) in [5.74, 6) is -3.40. The monoisotopic (exact) mass is 553 g/mol. The lowest BCUT2D eigenvalue weighted by Crippen LogP contribution is -2.71. The number of halogens is 2. The molecule has 2 aliphatic rings. The number of hydrogen-bond donors (Lipinski definition) is 3. The number of sulfone groups is 1. The molecule has 0 unspecified atom stereocenters. The van der Waals surface area contributed by atoms with Crippen LogP contribution in [-0.2, 0) is 16.3 Å². The number of thioether (sulfide) groups is 1. The van der Waals surface area contributed by atoms with Crippen molar-refractivity contribution in [2.45, 2.75) is 31.8 Å². The quantitative estimate of drug-likeness (QED) is 0.388. The van der Waals surface area contributed by atoms with Gasteiger partial charge in [-0.25, -0.2) is 17.2 Å². The summed E-state index contributed by atoms with van der Waals surface area (Å²) in [6.45, 7) is 1.93. The molecule has 1 aromatic carbocycles. The van der Waals surface area contributed by atoms with Gasteiger partial charge in [-0.1, -0.05) is 17.8 Å². The molecule has 2 aromatic rings. The molecule has 1 saturated heterocycles. The first-order valence-electron chi connectivity index (χ1n) is 11.3. The Labute approximate surface area is 215 Å². The van der Waals surface area contributed by atoms with Crippen molar-refractivity contribution >= 4 is 37.6 Å². The first kappa shape index (κ1) is 26.8. The summed E-state index contributed by atoms with van der Waals surface area (Å²) < 4.78 is 52.6. The van der Waals surface area contributed by atoms with Crippen LogP contribution < -0.4 is 10.4 Å². The summed E-state index contributed by atoms with van der Waals surface area (Å²) in [6, 6.07) is 2.92. The molecule has 0 radical (unpaired) electrons. The number of nitrogens with one attached hydrogen (secondary N) is 2. The van der Waals surface area contributed by atoms with Crippen LogP contribution in [-0.4, -0.2) is 69.9 Å². The molecule has 0 bridgehead atoms. The fourth-order valence-corrected chi connectivity index (χ4v) is 7.04. The smallest absolute Gasteiger partial charge is 0.278 e. The molecule has 37 heavy (non-hydrogen) atoms. The highest BCUT2D eigenvalue weighted by molar-refractivity contribution is 8.26. The third-order valence-electron chi connectivity index (χ3n) is 6.82. The topological polar surface area (TPSA) is 148 Å². The predicted molar refractivity (Wildman–Crippen MR) is 136 cm³/mol. The Bertz CT molecular complexity index is 1480. The third-order valence-corrected chi connectivity index (χ3v) is 9.29. The number of pyridine rings is 1. The highest BCUT2D eigenvalue weighted by Crippen LogP contribution is 2.38. The molecule has 3 heterocycles. The number of amides is 1. The van der Waals surface area contributed by atoms with Crippen LogP contribution in [0.2, 0.25) is 0 Å². The number of aromatic nitrogens is 1. The Hall–Kier alpha value is -3.26. The van der Waals surface area contributed by atoms with Crippen molar-refractivity contribution < 1.29 is 27.1 Å². The van der Waals surface area contributed by atoms with Gasteiger partial charge in [-0.3, -0.25) is 30.1 Å². The third kappa shape index (κ3) is 4.63. The van der Waals surface area contributed by atoms with E-state index in [0.29, 0.717) is 17.8 Å². The number of benzene rings is 1. The first-order valence-corrected chi connectivity index (χ1v) is 14.0. The number of carbonyl (C=O) groups is 1. The minimum Gasteiger partial charge on any atom is -0.502 e. The molecule has 14 heteroatoms. The van der Waals surface area contributed by atoms with E-state index in [2.05, 4.69) is 0 Å². The van der Waals surface area contributed by atoms with Crippen molar-refractivity contribution in [3.8, 4) is 5.75 Å². The molecule has 0 saturated carbocycles. The first-order chi connectivity index (χ1) is 17.3. The van der Waals surface area contributed by atoms with Crippen LogP contribution in [0.25, 0.3) is 0 Å². The zero-order valence-electron chi connectivity index (χ0n) is 20.0. The Morgan fingerprint density at radius 2 is 1.84 bits per heavy atom. The Kier molecular flexibility index (Phi) is 6.92. The maximum atomic E-state index is 14.0. The van der Waals surface area contributed by atoms with Crippen molar-refractivity contribution in [2.75, 3.05) is 30.1 Å². The van der Waals surface area contributed by atoms with Gasteiger partial charge in [0.05, 0.1) is 22.1 Å². The van der Waals surface area contributed by atoms with Crippen LogP contribution in [0.5, 0.6) is 5.75 Å². The number of carbonyl (C=O) groups excluding carboxylic acids is 1. The van der Waals surface area contributed by atoms with Crippen LogP contribution in [0.1, 0.15) is 41.4 Å². The van der Waals surface area contributed by atoms with Gasteiger partial charge < -0.3 is 10.0 Å². The zero-order chi connectivity index (χ0) is 27.3. The Balaban J connectivity index is 1.69. The molecule has 1 spiro atoms. The largest absolute Gasteiger partial charge is 0.502 e. The maximum absolute atomic E-state index is 14.0. The van der Waals surface area contributed by atoms with Crippen LogP contribution in [0.15, 0.2) is 29.2 Å². The van der Waals surface area contributed by atoms with E-state index >= 15 is 0 Å². The average Bonchev–Trinajstić information content (AvgIpc) is 2.82. The maximum Gasteiger partial charge on any atom is 0.278 e. The zero-order valence-corrected chi connectivity index (χ0v) is 21.7. The van der Waals surface area contributed by atoms with Crippen LogP contribution >= 0.6 is 11.8 Å². The lowest BCUT2D eigenvalue weighted by atomic mass is 9.97. The summed E-state index contributed by atoms with van der Waals surface area (Å²) in [4.78, 5) is 27.8. The van der Waals surface area contributed by atoms with Crippen molar-refractivity contribution in [3.05, 3.63) is 63.1 Å². The number of fused-ring (bicyclic) bond motifs is 1. The van der Waals surface area contributed by atoms with Gasteiger partial charge in [-0.2, -0.15) is 0 Å². The number of aromatic hydroxyl groups is 1. The van der Waals surface area contributed by atoms with E-state index in [-0.39, 0.29) is 59.2 Å². The standard InChI is InChI=1S/C23H25F2N5O5S2/c1-3-29-22(33)18-20(32)19(31)15(12-30(18)28(2)23(29)6-8-37(34,35)9-7-23)21(27)36-17(26)10-13-4-5-14(24)11-16(13)25/h4-5,11-12,26-27,32H,3,6-10H2,1-2H3. The molecule has 1 aromatic heterocycles. The molecule has 1 fully saturated rings. The van der Waals surface area contributed by atoms with Gasteiger partial charge in [0, 0.05) is 45.1 Å². The van der Waals surface area contributed by atoms with Gasteiger partial charge >= 0.3 is 0 Å². The second-order valence-electron chi connectivity index (χ2n) is 8.89. The van der Waals surface area contributed by atoms with E-state index in [1.807, 2.05) is 0 Å². The second-order valence-corrected chi connectivity index (χ2v) is 12.3. The van der Waals surface area contributed by atoms with E-state index < -0.39 is 49.3 Å². The summed E-state index contributed by atoms with van der Waals surface area (Å²) in [5, 5.41) is 28.3. The summed E-state index contributed by atoms with van der Waals surface area (Å²) in [7, 11) is -1.66. The molecule has 0 atom stereocenters. The Morgan fingerprint density at radius 1 is 1.19 bits per heavy atom. The van der Waals surface area contributed by atoms with Gasteiger partial charge in [0.1, 0.15) is 22.3 Å². The molecule has 0 aliphatic carbocycles. The summed E-state index contributed by atoms with van der Waals surface area (Å²) in [6.07, 6.45) is 1.20. The van der Waals surface area contributed by atoms with E-state index in [1.54, 1.807) is 19.0 Å². The van der Waals surface area contributed by atoms with Crippen LogP contribution in [0, 0.1) is 22.5 Å². The van der Waals surface area contributed by atoms with E-state index in [4.69, 9.17) is 10.8 Å². The van der Waals surface area contributed by atoms with E-state index in [1.165, 1.54) is 21.8 Å². The molecular weight excluding hydrogens is 528 g/mol. The van der Waals surface area contributed by atoms with Crippen LogP contribution in [0.4, 0.5) is 8.78 Å². The summed E-state index contributed by atoms with van der Waals surface area (Å²) in [5.41, 5.74) is -2.57. The molecule has 4 rings (SSSR count). The van der Waals surface area contributed by atoms with Gasteiger partial charge in [0.15, 0.2) is 21.3 Å². The van der Waals surface area contributed by atoms with Gasteiger partial charge in [-0.15, -0.1) is 0 Å². The van der Waals surface area contributed by atoms with Gasteiger partial charge in [0.2, 0.25) is 5.43 Å². The molecule has 198 valence electrons. The SMILES string of the molecule is CCN1C(=O)c2c(O)c(=O)c(C(=N)SC(=N)Cc3ccc(F)cc3F)cn2N(C)C12CCS(=O)(=O)CC2. The highest BCUT2D eigenvalue weighted by Gasteiger charge is 2.52. The number of nitrogens with zero attached hydrogens (tertiary/aromatic N) is 3. The molecular formula is C23H25F2N5O5S2. The molecule has 2 aliphatic heterocycles. The molecule has 10 nitrogen and oxygen atoms in total. The van der Waals surface area contributed by atoms with Crippen molar-refractivity contribution in [1.82, 2.24) is 9.58 Å². The van der Waals surface area contributed by atoms with Crippen LogP contribution in [0.3, 0.4) is 0 Å². The van der Waals surface area contributed by atoms with Crippen molar-refractivity contribution in [3.63, 3.8) is 0 Å². The predicted octanol–water partition coefficient (Wildman–Crippen LogP) is 2.06. The number of hydrogen-bond acceptors (Lipinski definition) is 9. The van der Waals surface area contributed by atoms with Crippen molar-refractivity contribution in [2.24, 2.45) is 0 Å². The van der Waals surface area contributed by atoms with Crippen molar-refractivity contribution in [1.29, 1.82) is 10.8 Å². The lowest BCUT2D eigenvalue weighted by molar-refractivity contribution is 0.0259. The molecule has 3 N–H and O–H groups in total. The Morgan fingerprint density at radius 3 is 2.43 bits per heavy atom. The normalized spacial score (nSPS) is 18.1. The second kappa shape index (κ2) is 9.56. The van der Waals surface area contributed by atoms with Gasteiger partial charge in [0.25, 0.3) is 5.91 Å². The van der Waals surface area contributed by atoms with E-state index in [0.717, 1.165) is 6.07 Å². The minimum atomic E-state index is -3.27. The van der Waals surface area contributed by atoms with Gasteiger partial charge in [-0.05, 0) is 18.6 Å². The number of rotatable bonds is 4. The van der Waals surface area contributed by atoms with E-state index in [9.17, 15) is 31.9 Å². The highest BCUT2D eigenvalue weighted by atomic mass is 32.2. The fraction of sp³-hybridized carbons (Fsp3) is 0.391. The molecule has 1 amide bonds.